The smallest absolute Gasteiger partial charge is 0.362 e. The van der Waals surface area contributed by atoms with Crippen molar-refractivity contribution in [1.29, 1.82) is 5.26 Å². The van der Waals surface area contributed by atoms with Crippen LogP contribution in [0.3, 0.4) is 0 Å². The number of nitrogens with zero attached hydrogens (tertiary/aromatic N) is 2. The Kier molecular flexibility index (Phi) is 5.81. The first-order chi connectivity index (χ1) is 11.6. The van der Waals surface area contributed by atoms with Crippen LogP contribution in [0.4, 0.5) is 0 Å². The van der Waals surface area contributed by atoms with Gasteiger partial charge in [0.1, 0.15) is 23.1 Å². The van der Waals surface area contributed by atoms with Crippen LogP contribution in [-0.2, 0) is 9.53 Å². The monoisotopic (exact) mass is 322 g/mol. The SMILES string of the molecule is CCOC(=O)/C(C#N)=C\c1ccc(OC(=O)c2ccccn2)cc1. The summed E-state index contributed by atoms with van der Waals surface area (Å²) in [7, 11) is 0. The fourth-order valence-corrected chi connectivity index (χ4v) is 1.79. The standard InChI is InChI=1S/C18H14N2O4/c1-2-23-17(21)14(12-19)11-13-6-8-15(9-7-13)24-18(22)16-5-3-4-10-20-16/h3-11H,2H2,1H3/b14-11-. The van der Waals surface area contributed by atoms with Gasteiger partial charge in [0.2, 0.25) is 0 Å². The first kappa shape index (κ1) is 16.9. The summed E-state index contributed by atoms with van der Waals surface area (Å²) in [4.78, 5) is 27.4. The number of benzene rings is 1. The van der Waals surface area contributed by atoms with Gasteiger partial charge < -0.3 is 9.47 Å². The van der Waals surface area contributed by atoms with Gasteiger partial charge in [0.15, 0.2) is 0 Å². The summed E-state index contributed by atoms with van der Waals surface area (Å²) >= 11 is 0. The van der Waals surface area contributed by atoms with Crippen LogP contribution in [0.1, 0.15) is 23.0 Å². The van der Waals surface area contributed by atoms with E-state index in [1.54, 1.807) is 55.5 Å². The molecule has 2 aromatic rings. The average Bonchev–Trinajstić information content (AvgIpc) is 2.62. The number of ether oxygens (including phenoxy) is 2. The Morgan fingerprint density at radius 1 is 1.21 bits per heavy atom. The highest BCUT2D eigenvalue weighted by atomic mass is 16.5. The molecule has 6 nitrogen and oxygen atoms in total. The van der Waals surface area contributed by atoms with Crippen LogP contribution >= 0.6 is 0 Å². The summed E-state index contributed by atoms with van der Waals surface area (Å²) in [5, 5.41) is 8.99. The highest BCUT2D eigenvalue weighted by Gasteiger charge is 2.11. The van der Waals surface area contributed by atoms with Gasteiger partial charge in [0.25, 0.3) is 0 Å². The number of pyridine rings is 1. The summed E-state index contributed by atoms with van der Waals surface area (Å²) in [6.07, 6.45) is 2.91. The molecule has 0 fully saturated rings. The van der Waals surface area contributed by atoms with Crippen molar-refractivity contribution in [2.75, 3.05) is 6.61 Å². The Morgan fingerprint density at radius 3 is 2.54 bits per heavy atom. The molecule has 0 saturated carbocycles. The molecule has 1 heterocycles. The molecular weight excluding hydrogens is 308 g/mol. The van der Waals surface area contributed by atoms with Gasteiger partial charge in [-0.05, 0) is 42.8 Å². The largest absolute Gasteiger partial charge is 0.462 e. The second-order valence-corrected chi connectivity index (χ2v) is 4.56. The molecule has 6 heteroatoms. The van der Waals surface area contributed by atoms with Crippen LogP contribution in [0.2, 0.25) is 0 Å². The third kappa shape index (κ3) is 4.52. The molecule has 0 atom stereocenters. The summed E-state index contributed by atoms with van der Waals surface area (Å²) in [5.41, 5.74) is 0.711. The van der Waals surface area contributed by atoms with E-state index in [2.05, 4.69) is 4.98 Å². The minimum Gasteiger partial charge on any atom is -0.462 e. The van der Waals surface area contributed by atoms with Gasteiger partial charge in [-0.25, -0.2) is 14.6 Å². The molecule has 120 valence electrons. The maximum Gasteiger partial charge on any atom is 0.362 e. The Hall–Kier alpha value is -3.46. The first-order valence-corrected chi connectivity index (χ1v) is 7.16. The second-order valence-electron chi connectivity index (χ2n) is 4.56. The van der Waals surface area contributed by atoms with E-state index in [1.165, 1.54) is 12.3 Å². The van der Waals surface area contributed by atoms with Gasteiger partial charge in [-0.15, -0.1) is 0 Å². The summed E-state index contributed by atoms with van der Waals surface area (Å²) in [5.74, 6) is -0.911. The Labute approximate surface area is 139 Å². The normalized spacial score (nSPS) is 10.6. The lowest BCUT2D eigenvalue weighted by Gasteiger charge is -2.04. The molecule has 0 aliphatic carbocycles. The van der Waals surface area contributed by atoms with E-state index < -0.39 is 11.9 Å². The molecule has 24 heavy (non-hydrogen) atoms. The molecule has 1 aromatic carbocycles. The summed E-state index contributed by atoms with van der Waals surface area (Å²) in [6.45, 7) is 1.86. The third-order valence-electron chi connectivity index (χ3n) is 2.89. The zero-order chi connectivity index (χ0) is 17.4. The summed E-state index contributed by atoms with van der Waals surface area (Å²) in [6, 6.07) is 13.1. The maximum atomic E-state index is 11.9. The maximum absolute atomic E-state index is 11.9. The van der Waals surface area contributed by atoms with Gasteiger partial charge in [-0.3, -0.25) is 0 Å². The number of carbonyl (C=O) groups excluding carboxylic acids is 2. The summed E-state index contributed by atoms with van der Waals surface area (Å²) < 4.78 is 9.98. The van der Waals surface area contributed by atoms with Crippen LogP contribution in [0.15, 0.2) is 54.2 Å². The molecule has 1 aromatic heterocycles. The topological polar surface area (TPSA) is 89.3 Å². The van der Waals surface area contributed by atoms with Gasteiger partial charge >= 0.3 is 11.9 Å². The van der Waals surface area contributed by atoms with Crippen molar-refractivity contribution in [3.05, 3.63) is 65.5 Å². The number of hydrogen-bond acceptors (Lipinski definition) is 6. The van der Waals surface area contributed by atoms with Crippen LogP contribution < -0.4 is 4.74 Å². The quantitative estimate of drug-likeness (QED) is 0.364. The number of carbonyl (C=O) groups is 2. The fraction of sp³-hybridized carbons (Fsp3) is 0.111. The van der Waals surface area contributed by atoms with Crippen LogP contribution in [0, 0.1) is 11.3 Å². The molecule has 0 unspecified atom stereocenters. The van der Waals surface area contributed by atoms with Crippen molar-refractivity contribution in [1.82, 2.24) is 4.98 Å². The van der Waals surface area contributed by atoms with E-state index in [9.17, 15) is 9.59 Å². The number of rotatable bonds is 5. The molecule has 0 aliphatic heterocycles. The predicted octanol–water partition coefficient (Wildman–Crippen LogP) is 2.77. The zero-order valence-electron chi connectivity index (χ0n) is 12.9. The highest BCUT2D eigenvalue weighted by Crippen LogP contribution is 2.16. The lowest BCUT2D eigenvalue weighted by atomic mass is 10.1. The number of aromatic nitrogens is 1. The molecule has 0 amide bonds. The number of hydrogen-bond donors (Lipinski definition) is 0. The average molecular weight is 322 g/mol. The molecule has 0 bridgehead atoms. The second kappa shape index (κ2) is 8.25. The lowest BCUT2D eigenvalue weighted by Crippen LogP contribution is -2.10. The van der Waals surface area contributed by atoms with Crippen molar-refractivity contribution in [2.45, 2.75) is 6.92 Å². The van der Waals surface area contributed by atoms with E-state index in [1.807, 2.05) is 0 Å². The minimum atomic E-state index is -0.675. The molecule has 0 radical (unpaired) electrons. The van der Waals surface area contributed by atoms with E-state index in [0.717, 1.165) is 0 Å². The van der Waals surface area contributed by atoms with E-state index in [-0.39, 0.29) is 17.9 Å². The van der Waals surface area contributed by atoms with E-state index in [0.29, 0.717) is 11.3 Å². The number of esters is 2. The molecular formula is C18H14N2O4. The molecule has 0 spiro atoms. The molecule has 0 N–H and O–H groups in total. The highest BCUT2D eigenvalue weighted by molar-refractivity contribution is 5.97. The van der Waals surface area contributed by atoms with Gasteiger partial charge in [0, 0.05) is 6.20 Å². The zero-order valence-corrected chi connectivity index (χ0v) is 12.9. The molecule has 0 saturated heterocycles. The van der Waals surface area contributed by atoms with Crippen molar-refractivity contribution in [3.8, 4) is 11.8 Å². The van der Waals surface area contributed by atoms with Gasteiger partial charge in [-0.2, -0.15) is 5.26 Å². The van der Waals surface area contributed by atoms with E-state index in [4.69, 9.17) is 14.7 Å². The van der Waals surface area contributed by atoms with E-state index >= 15 is 0 Å². The van der Waals surface area contributed by atoms with Gasteiger partial charge in [0.05, 0.1) is 6.61 Å². The first-order valence-electron chi connectivity index (χ1n) is 7.16. The van der Waals surface area contributed by atoms with Crippen molar-refractivity contribution in [2.24, 2.45) is 0 Å². The third-order valence-corrected chi connectivity index (χ3v) is 2.89. The lowest BCUT2D eigenvalue weighted by molar-refractivity contribution is -0.137. The van der Waals surface area contributed by atoms with Crippen molar-refractivity contribution in [3.63, 3.8) is 0 Å². The molecule has 2 rings (SSSR count). The fourth-order valence-electron chi connectivity index (χ4n) is 1.79. The number of nitriles is 1. The Bertz CT molecular complexity index is 790. The van der Waals surface area contributed by atoms with Crippen molar-refractivity contribution < 1.29 is 19.1 Å². The van der Waals surface area contributed by atoms with Crippen LogP contribution in [-0.4, -0.2) is 23.5 Å². The van der Waals surface area contributed by atoms with Gasteiger partial charge in [-0.1, -0.05) is 18.2 Å². The van der Waals surface area contributed by atoms with Crippen LogP contribution in [0.5, 0.6) is 5.75 Å². The predicted molar refractivity (Wildman–Crippen MR) is 85.9 cm³/mol. The minimum absolute atomic E-state index is 0.102. The Balaban J connectivity index is 2.09. The molecule has 0 aliphatic rings. The Morgan fingerprint density at radius 2 is 1.96 bits per heavy atom. The van der Waals surface area contributed by atoms with Crippen molar-refractivity contribution >= 4 is 18.0 Å². The van der Waals surface area contributed by atoms with Crippen LogP contribution in [0.25, 0.3) is 6.08 Å².